The third kappa shape index (κ3) is 7.74. The number of carbonyl (C=O) groups excluding carboxylic acids is 2. The van der Waals surface area contributed by atoms with Gasteiger partial charge in [-0.3, -0.25) is 9.59 Å². The van der Waals surface area contributed by atoms with Gasteiger partial charge < -0.3 is 16.0 Å². The molecule has 0 rings (SSSR count). The largest absolute Gasteiger partial charge is 0.355 e. The van der Waals surface area contributed by atoms with Crippen molar-refractivity contribution in [2.24, 2.45) is 5.73 Å². The van der Waals surface area contributed by atoms with Crippen molar-refractivity contribution in [1.82, 2.24) is 10.2 Å². The molecule has 3 N–H and O–H groups in total. The topological polar surface area (TPSA) is 75.4 Å². The first-order valence-corrected chi connectivity index (χ1v) is 6.40. The molecular weight excluding hydrogens is 218 g/mol. The van der Waals surface area contributed by atoms with Gasteiger partial charge in [0.15, 0.2) is 0 Å². The van der Waals surface area contributed by atoms with Gasteiger partial charge in [-0.15, -0.1) is 0 Å². The van der Waals surface area contributed by atoms with Crippen LogP contribution in [0.15, 0.2) is 0 Å². The predicted molar refractivity (Wildman–Crippen MR) is 68.5 cm³/mol. The maximum Gasteiger partial charge on any atom is 0.223 e. The molecule has 0 aromatic carbocycles. The Morgan fingerprint density at radius 3 is 2.18 bits per heavy atom. The highest BCUT2D eigenvalue weighted by molar-refractivity contribution is 5.83. The predicted octanol–water partition coefficient (Wildman–Crippen LogP) is 0.490. The molecule has 0 radical (unpaired) electrons. The highest BCUT2D eigenvalue weighted by Crippen LogP contribution is 2.01. The molecule has 0 aliphatic rings. The first-order valence-electron chi connectivity index (χ1n) is 6.40. The second kappa shape index (κ2) is 10.1. The molecule has 0 aliphatic carbocycles. The van der Waals surface area contributed by atoms with E-state index >= 15 is 0 Å². The first-order chi connectivity index (χ1) is 8.15. The van der Waals surface area contributed by atoms with Crippen LogP contribution in [0.3, 0.4) is 0 Å². The van der Waals surface area contributed by atoms with E-state index in [9.17, 15) is 9.59 Å². The van der Waals surface area contributed by atoms with Gasteiger partial charge in [0.2, 0.25) is 11.8 Å². The Hall–Kier alpha value is -1.10. The van der Waals surface area contributed by atoms with Crippen LogP contribution in [-0.4, -0.2) is 42.9 Å². The van der Waals surface area contributed by atoms with Crippen molar-refractivity contribution in [3.8, 4) is 0 Å². The van der Waals surface area contributed by atoms with E-state index < -0.39 is 0 Å². The Balaban J connectivity index is 3.91. The molecule has 0 bridgehead atoms. The molecule has 0 heterocycles. The number of hydrogen-bond acceptors (Lipinski definition) is 3. The lowest BCUT2D eigenvalue weighted by Gasteiger charge is -2.21. The van der Waals surface area contributed by atoms with Crippen LogP contribution in [0.2, 0.25) is 0 Å². The number of hydrogen-bond donors (Lipinski definition) is 2. The van der Waals surface area contributed by atoms with E-state index in [2.05, 4.69) is 5.32 Å². The van der Waals surface area contributed by atoms with Crippen molar-refractivity contribution in [3.63, 3.8) is 0 Å². The summed E-state index contributed by atoms with van der Waals surface area (Å²) in [5, 5.41) is 2.66. The Morgan fingerprint density at radius 2 is 1.71 bits per heavy atom. The molecule has 5 heteroatoms. The Labute approximate surface area is 104 Å². The summed E-state index contributed by atoms with van der Waals surface area (Å²) in [7, 11) is 0. The van der Waals surface area contributed by atoms with Gasteiger partial charge in [0.05, 0.1) is 0 Å². The third-order valence-corrected chi connectivity index (χ3v) is 2.37. The zero-order valence-electron chi connectivity index (χ0n) is 11.0. The fourth-order valence-electron chi connectivity index (χ4n) is 1.58. The second-order valence-electron chi connectivity index (χ2n) is 4.02. The van der Waals surface area contributed by atoms with Gasteiger partial charge in [0, 0.05) is 39.0 Å². The van der Waals surface area contributed by atoms with Crippen LogP contribution in [0, 0.1) is 0 Å². The van der Waals surface area contributed by atoms with Crippen LogP contribution in [0.25, 0.3) is 0 Å². The maximum absolute atomic E-state index is 11.8. The molecule has 0 aromatic rings. The van der Waals surface area contributed by atoms with Crippen LogP contribution in [0.5, 0.6) is 0 Å². The molecule has 0 fully saturated rings. The van der Waals surface area contributed by atoms with E-state index in [4.69, 9.17) is 5.73 Å². The average molecular weight is 243 g/mol. The number of nitrogens with zero attached hydrogens (tertiary/aromatic N) is 1. The van der Waals surface area contributed by atoms with Gasteiger partial charge in [0.1, 0.15) is 0 Å². The molecule has 100 valence electrons. The number of nitrogens with one attached hydrogen (secondary N) is 1. The number of amides is 2. The summed E-state index contributed by atoms with van der Waals surface area (Å²) in [5.41, 5.74) is 5.27. The van der Waals surface area contributed by atoms with Crippen LogP contribution in [0.1, 0.15) is 39.5 Å². The van der Waals surface area contributed by atoms with Gasteiger partial charge in [-0.2, -0.15) is 0 Å². The summed E-state index contributed by atoms with van der Waals surface area (Å²) in [4.78, 5) is 25.0. The third-order valence-electron chi connectivity index (χ3n) is 2.37. The molecular formula is C12H25N3O2. The molecule has 0 aliphatic heterocycles. The summed E-state index contributed by atoms with van der Waals surface area (Å²) in [6, 6.07) is 0. The van der Waals surface area contributed by atoms with Crippen LogP contribution in [-0.2, 0) is 9.59 Å². The molecule has 0 spiro atoms. The molecule has 0 aromatic heterocycles. The normalized spacial score (nSPS) is 10.1. The second-order valence-corrected chi connectivity index (χ2v) is 4.02. The molecule has 17 heavy (non-hydrogen) atoms. The van der Waals surface area contributed by atoms with E-state index in [1.54, 1.807) is 0 Å². The summed E-state index contributed by atoms with van der Waals surface area (Å²) in [6.45, 7) is 6.54. The SMILES string of the molecule is CCCN(CCC)C(=O)CCC(=O)NCCN. The van der Waals surface area contributed by atoms with Crippen LogP contribution in [0.4, 0.5) is 0 Å². The van der Waals surface area contributed by atoms with Crippen molar-refractivity contribution < 1.29 is 9.59 Å². The van der Waals surface area contributed by atoms with Crippen LogP contribution >= 0.6 is 0 Å². The molecule has 5 nitrogen and oxygen atoms in total. The lowest BCUT2D eigenvalue weighted by molar-refractivity contribution is -0.133. The van der Waals surface area contributed by atoms with E-state index in [1.165, 1.54) is 0 Å². The lowest BCUT2D eigenvalue weighted by Crippen LogP contribution is -2.34. The fourth-order valence-corrected chi connectivity index (χ4v) is 1.58. The van der Waals surface area contributed by atoms with E-state index in [1.807, 2.05) is 18.7 Å². The Bertz CT molecular complexity index is 226. The van der Waals surface area contributed by atoms with Crippen LogP contribution < -0.4 is 11.1 Å². The van der Waals surface area contributed by atoms with Gasteiger partial charge in [-0.1, -0.05) is 13.8 Å². The quantitative estimate of drug-likeness (QED) is 0.619. The van der Waals surface area contributed by atoms with Crippen molar-refractivity contribution in [1.29, 1.82) is 0 Å². The van der Waals surface area contributed by atoms with Gasteiger partial charge in [0.25, 0.3) is 0 Å². The van der Waals surface area contributed by atoms with E-state index in [0.717, 1.165) is 25.9 Å². The van der Waals surface area contributed by atoms with Gasteiger partial charge >= 0.3 is 0 Å². The number of nitrogens with two attached hydrogens (primary N) is 1. The van der Waals surface area contributed by atoms with Crippen molar-refractivity contribution in [2.75, 3.05) is 26.2 Å². The maximum atomic E-state index is 11.8. The Morgan fingerprint density at radius 1 is 1.12 bits per heavy atom. The average Bonchev–Trinajstić information content (AvgIpc) is 2.33. The first kappa shape index (κ1) is 15.9. The minimum atomic E-state index is -0.100. The zero-order chi connectivity index (χ0) is 13.1. The summed E-state index contributed by atoms with van der Waals surface area (Å²) in [5.74, 6) is -0.0339. The monoisotopic (exact) mass is 243 g/mol. The zero-order valence-corrected chi connectivity index (χ0v) is 11.0. The summed E-state index contributed by atoms with van der Waals surface area (Å²) in [6.07, 6.45) is 2.44. The fraction of sp³-hybridized carbons (Fsp3) is 0.833. The van der Waals surface area contributed by atoms with Crippen molar-refractivity contribution in [2.45, 2.75) is 39.5 Å². The lowest BCUT2D eigenvalue weighted by atomic mass is 10.2. The smallest absolute Gasteiger partial charge is 0.223 e. The highest BCUT2D eigenvalue weighted by atomic mass is 16.2. The molecule has 0 unspecified atom stereocenters. The standard InChI is InChI=1S/C12H25N3O2/c1-3-9-15(10-4-2)12(17)6-5-11(16)14-8-7-13/h3-10,13H2,1-2H3,(H,14,16). The van der Waals surface area contributed by atoms with Gasteiger partial charge in [-0.05, 0) is 12.8 Å². The summed E-state index contributed by atoms with van der Waals surface area (Å²) < 4.78 is 0. The minimum absolute atomic E-state index is 0.0663. The van der Waals surface area contributed by atoms with E-state index in [0.29, 0.717) is 13.1 Å². The molecule has 0 saturated heterocycles. The molecule has 0 atom stereocenters. The highest BCUT2D eigenvalue weighted by Gasteiger charge is 2.13. The van der Waals surface area contributed by atoms with Crippen molar-refractivity contribution in [3.05, 3.63) is 0 Å². The van der Waals surface area contributed by atoms with E-state index in [-0.39, 0.29) is 24.7 Å². The minimum Gasteiger partial charge on any atom is -0.355 e. The summed E-state index contributed by atoms with van der Waals surface area (Å²) >= 11 is 0. The number of rotatable bonds is 9. The molecule has 2 amide bonds. The van der Waals surface area contributed by atoms with Gasteiger partial charge in [-0.25, -0.2) is 0 Å². The molecule has 0 saturated carbocycles. The Kier molecular flexibility index (Phi) is 9.43. The van der Waals surface area contributed by atoms with Crippen molar-refractivity contribution >= 4 is 11.8 Å². The number of carbonyl (C=O) groups is 2.